The maximum atomic E-state index is 12.3. The monoisotopic (exact) mass is 718 g/mol. The summed E-state index contributed by atoms with van der Waals surface area (Å²) < 4.78 is 76.4. The minimum absolute atomic E-state index is 0.137. The van der Waals surface area contributed by atoms with E-state index in [-0.39, 0.29) is 17.9 Å². The average molecular weight is 719 g/mol. The zero-order valence-corrected chi connectivity index (χ0v) is 29.3. The number of anilines is 1. The van der Waals surface area contributed by atoms with Gasteiger partial charge in [-0.2, -0.15) is 31.2 Å². The summed E-state index contributed by atoms with van der Waals surface area (Å²) in [6, 6.07) is 31.9. The highest BCUT2D eigenvalue weighted by Crippen LogP contribution is 2.42. The second kappa shape index (κ2) is 15.6. The average Bonchev–Trinajstić information content (AvgIpc) is 3.63. The van der Waals surface area contributed by atoms with Crippen LogP contribution < -0.4 is 19.7 Å². The van der Waals surface area contributed by atoms with Crippen LogP contribution in [0.4, 0.5) is 5.69 Å². The summed E-state index contributed by atoms with van der Waals surface area (Å²) in [7, 11) is -7.80. The van der Waals surface area contributed by atoms with Crippen LogP contribution in [0.15, 0.2) is 107 Å². The molecule has 11 nitrogen and oxygen atoms in total. The van der Waals surface area contributed by atoms with Gasteiger partial charge in [-0.05, 0) is 59.7 Å². The first kappa shape index (κ1) is 35.3. The molecule has 262 valence electrons. The first-order chi connectivity index (χ1) is 24.1. The predicted molar refractivity (Wildman–Crippen MR) is 193 cm³/mol. The van der Waals surface area contributed by atoms with Crippen molar-refractivity contribution in [3.05, 3.63) is 109 Å². The van der Waals surface area contributed by atoms with Gasteiger partial charge in [0.1, 0.15) is 6.08 Å². The van der Waals surface area contributed by atoms with Gasteiger partial charge in [0.05, 0.1) is 17.2 Å². The van der Waals surface area contributed by atoms with Crippen LogP contribution in [-0.4, -0.2) is 46.0 Å². The molecule has 1 aliphatic rings. The van der Waals surface area contributed by atoms with E-state index in [2.05, 4.69) is 11.5 Å². The number of aryl methyl sites for hydroxylation is 1. The molecule has 0 fully saturated rings. The van der Waals surface area contributed by atoms with Crippen LogP contribution in [0.2, 0.25) is 0 Å². The van der Waals surface area contributed by atoms with Crippen molar-refractivity contribution in [2.45, 2.75) is 39.2 Å². The van der Waals surface area contributed by atoms with E-state index in [1.54, 1.807) is 6.92 Å². The van der Waals surface area contributed by atoms with Crippen molar-refractivity contribution in [3.8, 4) is 28.0 Å². The zero-order valence-electron chi connectivity index (χ0n) is 27.7. The summed E-state index contributed by atoms with van der Waals surface area (Å²) in [6.07, 6.45) is 3.45. The molecule has 1 aromatic heterocycles. The van der Waals surface area contributed by atoms with Gasteiger partial charge >= 0.3 is 5.89 Å². The molecule has 2 heterocycles. The van der Waals surface area contributed by atoms with Crippen LogP contribution in [0, 0.1) is 0 Å². The minimum atomic E-state index is -4.09. The lowest BCUT2D eigenvalue weighted by molar-refractivity contribution is -0.678. The van der Waals surface area contributed by atoms with Gasteiger partial charge in [-0.1, -0.05) is 79.7 Å². The fourth-order valence-corrected chi connectivity index (χ4v) is 7.41. The van der Waals surface area contributed by atoms with Crippen LogP contribution >= 0.6 is 0 Å². The molecule has 1 aliphatic heterocycles. The normalized spacial score (nSPS) is 14.0. The molecule has 0 atom stereocenters. The zero-order chi connectivity index (χ0) is 35.1. The van der Waals surface area contributed by atoms with Crippen molar-refractivity contribution in [3.63, 3.8) is 0 Å². The van der Waals surface area contributed by atoms with Crippen molar-refractivity contribution in [2.24, 2.45) is 0 Å². The molecule has 5 aromatic rings. The first-order valence-corrected chi connectivity index (χ1v) is 19.8. The van der Waals surface area contributed by atoms with E-state index in [0.29, 0.717) is 62.0 Å². The van der Waals surface area contributed by atoms with Crippen molar-refractivity contribution < 1.29 is 39.4 Å². The molecule has 0 spiro atoms. The molecule has 13 heteroatoms. The Morgan fingerprint density at radius 3 is 2.14 bits per heavy atom. The van der Waals surface area contributed by atoms with Crippen LogP contribution in [0.3, 0.4) is 0 Å². The summed E-state index contributed by atoms with van der Waals surface area (Å²) in [4.78, 5) is 2.02. The number of hydrogen-bond acceptors (Lipinski definition) is 9. The maximum Gasteiger partial charge on any atom is 0.379 e. The Hall–Kier alpha value is -4.53. The van der Waals surface area contributed by atoms with Crippen LogP contribution in [0.1, 0.15) is 38.5 Å². The number of fused-ring (bicyclic) bond motifs is 2. The molecule has 0 bridgehead atoms. The highest BCUT2D eigenvalue weighted by molar-refractivity contribution is 7.86. The molecule has 0 amide bonds. The number of nitrogens with one attached hydrogen (secondary N) is 1. The largest absolute Gasteiger partial charge is 0.438 e. The third-order valence-corrected chi connectivity index (χ3v) is 10.3. The van der Waals surface area contributed by atoms with Crippen molar-refractivity contribution in [1.29, 1.82) is 0 Å². The maximum absolute atomic E-state index is 12.3. The van der Waals surface area contributed by atoms with E-state index in [0.717, 1.165) is 33.5 Å². The Balaban J connectivity index is 1.35. The van der Waals surface area contributed by atoms with E-state index in [4.69, 9.17) is 13.4 Å². The quantitative estimate of drug-likeness (QED) is 0.0499. The molecule has 0 radical (unpaired) electrons. The molecule has 6 rings (SSSR count). The molecule has 2 N–H and O–H groups in total. The highest BCUT2D eigenvalue weighted by Gasteiger charge is 2.31. The van der Waals surface area contributed by atoms with Crippen LogP contribution in [0.25, 0.3) is 39.4 Å². The van der Waals surface area contributed by atoms with Gasteiger partial charge in [-0.3, -0.25) is 4.55 Å². The van der Waals surface area contributed by atoms with E-state index in [1.807, 2.05) is 107 Å². The molecule has 4 aromatic carbocycles. The summed E-state index contributed by atoms with van der Waals surface area (Å²) in [5.74, 6) is 1.18. The van der Waals surface area contributed by atoms with Gasteiger partial charge in [0, 0.05) is 25.6 Å². The molecule has 50 heavy (non-hydrogen) atoms. The van der Waals surface area contributed by atoms with Crippen molar-refractivity contribution in [2.75, 3.05) is 29.5 Å². The Morgan fingerprint density at radius 2 is 1.46 bits per heavy atom. The van der Waals surface area contributed by atoms with E-state index in [9.17, 15) is 21.4 Å². The van der Waals surface area contributed by atoms with E-state index >= 15 is 0 Å². The smallest absolute Gasteiger partial charge is 0.379 e. The van der Waals surface area contributed by atoms with Crippen molar-refractivity contribution in [1.82, 2.24) is 5.48 Å². The lowest BCUT2D eigenvalue weighted by Gasteiger charge is -2.18. The summed E-state index contributed by atoms with van der Waals surface area (Å²) in [6.45, 7) is 3.01. The van der Waals surface area contributed by atoms with Gasteiger partial charge in [0.15, 0.2) is 12.3 Å². The summed E-state index contributed by atoms with van der Waals surface area (Å²) in [5.41, 5.74) is 8.82. The Kier molecular flexibility index (Phi) is 11.0. The molecule has 0 saturated carbocycles. The molecule has 0 saturated heterocycles. The van der Waals surface area contributed by atoms with Crippen LogP contribution in [0.5, 0.6) is 5.75 Å². The number of aromatic nitrogens is 1. The van der Waals surface area contributed by atoms with Gasteiger partial charge in [0.25, 0.3) is 25.8 Å². The van der Waals surface area contributed by atoms with Gasteiger partial charge in [-0.25, -0.2) is 0 Å². The Labute approximate surface area is 292 Å². The Bertz CT molecular complexity index is 2190. The fourth-order valence-electron chi connectivity index (χ4n) is 5.90. The first-order valence-electron chi connectivity index (χ1n) is 16.6. The number of ether oxygens (including phenoxy) is 1. The standard InChI is InChI=1S/C37H39N3O8S2/c1-2-38-48-50(44,45)24-12-10-22-40-33-26-31(29-15-7-4-8-16-29)18-20-35(33)47-37(40)27-36-39(21-9-11-23-49(41,42)43)32-25-30(17-19-34(32)46-36)28-13-5-3-6-14-28/h3-8,13-20,25-27,38H,2,9-12,21-24H2,1H3/p+1. The number of unbranched alkanes of at least 4 members (excludes halogenated alkanes) is 2. The lowest BCUT2D eigenvalue weighted by atomic mass is 10.0. The number of nitrogens with zero attached hydrogens (tertiary/aromatic N) is 2. The topological polar surface area (TPSA) is 139 Å². The summed E-state index contributed by atoms with van der Waals surface area (Å²) >= 11 is 0. The second-order valence-electron chi connectivity index (χ2n) is 12.0. The van der Waals surface area contributed by atoms with E-state index in [1.165, 1.54) is 0 Å². The number of rotatable bonds is 16. The van der Waals surface area contributed by atoms with E-state index < -0.39 is 20.2 Å². The summed E-state index contributed by atoms with van der Waals surface area (Å²) in [5, 5.41) is 0. The third kappa shape index (κ3) is 8.79. The number of oxazole rings is 1. The molecular formula is C37H40N3O8S2+. The molecular weight excluding hydrogens is 679 g/mol. The number of benzene rings is 4. The van der Waals surface area contributed by atoms with Gasteiger partial charge in [-0.15, -0.1) is 0 Å². The number of hydroxylamine groups is 1. The lowest BCUT2D eigenvalue weighted by Crippen LogP contribution is -2.36. The van der Waals surface area contributed by atoms with Gasteiger partial charge in [0.2, 0.25) is 11.5 Å². The predicted octanol–water partition coefficient (Wildman–Crippen LogP) is 6.57. The van der Waals surface area contributed by atoms with Crippen LogP contribution in [-0.2, 0) is 31.1 Å². The molecule has 0 unspecified atom stereocenters. The second-order valence-corrected chi connectivity index (χ2v) is 15.2. The number of hydrogen-bond donors (Lipinski definition) is 2. The fraction of sp³-hybridized carbons (Fsp3) is 0.270. The van der Waals surface area contributed by atoms with Gasteiger partial charge < -0.3 is 14.1 Å². The SMILES string of the molecule is CCNOS(=O)(=O)CCCCN1C(=Cc2oc3ccc(-c4ccccc4)cc3[n+]2CCCCS(=O)(=O)O)Oc2ccc(-c3ccccc3)cc21. The Morgan fingerprint density at radius 1 is 0.800 bits per heavy atom. The molecule has 0 aliphatic carbocycles. The highest BCUT2D eigenvalue weighted by atomic mass is 32.2. The van der Waals surface area contributed by atoms with Crippen molar-refractivity contribution >= 4 is 43.1 Å². The third-order valence-electron chi connectivity index (χ3n) is 8.31. The minimum Gasteiger partial charge on any atom is -0.438 e.